The van der Waals surface area contributed by atoms with Gasteiger partial charge in [0.05, 0.1) is 25.6 Å². The molecular formula is C25H20ClNO3S. The van der Waals surface area contributed by atoms with Gasteiger partial charge < -0.3 is 9.47 Å². The zero-order chi connectivity index (χ0) is 22.0. The molecule has 156 valence electrons. The Morgan fingerprint density at radius 1 is 0.935 bits per heavy atom. The highest BCUT2D eigenvalue weighted by Gasteiger charge is 2.31. The third kappa shape index (κ3) is 4.20. The number of hydrogen-bond acceptors (Lipinski definition) is 4. The van der Waals surface area contributed by atoms with E-state index in [0.29, 0.717) is 32.7 Å². The molecule has 4 nitrogen and oxygen atoms in total. The second-order valence-corrected chi connectivity index (χ2v) is 7.80. The standard InChI is InChI=1S/C25H20ClNO3S/c1-29-22-12-7-16(14-23(22)30-2)13-18-15-21(17-8-10-19(26)11-9-17)27(25(18)28)20-5-3-4-6-24(20)31/h3-15,31H,1-2H3/b18-13+. The number of hydrogen-bond donors (Lipinski definition) is 1. The maximum atomic E-state index is 13.5. The summed E-state index contributed by atoms with van der Waals surface area (Å²) in [5.74, 6) is 1.09. The number of halogens is 1. The first-order valence-corrected chi connectivity index (χ1v) is 10.4. The number of amides is 1. The molecule has 0 saturated carbocycles. The Morgan fingerprint density at radius 3 is 2.32 bits per heavy atom. The Kier molecular flexibility index (Phi) is 6.07. The molecule has 0 aromatic heterocycles. The van der Waals surface area contributed by atoms with Gasteiger partial charge in [0.2, 0.25) is 0 Å². The number of methoxy groups -OCH3 is 2. The summed E-state index contributed by atoms with van der Waals surface area (Å²) in [4.78, 5) is 15.9. The number of para-hydroxylation sites is 1. The van der Waals surface area contributed by atoms with E-state index in [0.717, 1.165) is 16.8 Å². The van der Waals surface area contributed by atoms with Gasteiger partial charge in [-0.05, 0) is 59.7 Å². The van der Waals surface area contributed by atoms with E-state index in [4.69, 9.17) is 21.1 Å². The fourth-order valence-corrected chi connectivity index (χ4v) is 3.85. The van der Waals surface area contributed by atoms with Crippen LogP contribution in [0, 0.1) is 0 Å². The van der Waals surface area contributed by atoms with Crippen molar-refractivity contribution in [3.63, 3.8) is 0 Å². The van der Waals surface area contributed by atoms with Gasteiger partial charge in [0.1, 0.15) is 0 Å². The molecule has 0 unspecified atom stereocenters. The molecule has 0 fully saturated rings. The first kappa shape index (κ1) is 21.1. The lowest BCUT2D eigenvalue weighted by atomic mass is 10.1. The predicted molar refractivity (Wildman–Crippen MR) is 128 cm³/mol. The molecule has 0 aliphatic carbocycles. The molecule has 1 amide bonds. The van der Waals surface area contributed by atoms with Crippen molar-refractivity contribution in [2.45, 2.75) is 4.90 Å². The lowest BCUT2D eigenvalue weighted by Gasteiger charge is -2.22. The van der Waals surface area contributed by atoms with Gasteiger partial charge in [-0.3, -0.25) is 9.69 Å². The van der Waals surface area contributed by atoms with Crippen LogP contribution in [-0.2, 0) is 4.79 Å². The van der Waals surface area contributed by atoms with Crippen LogP contribution in [-0.4, -0.2) is 20.1 Å². The van der Waals surface area contributed by atoms with Crippen LogP contribution in [0.5, 0.6) is 11.5 Å². The summed E-state index contributed by atoms with van der Waals surface area (Å²) < 4.78 is 10.7. The van der Waals surface area contributed by atoms with E-state index in [1.807, 2.05) is 78.9 Å². The van der Waals surface area contributed by atoms with E-state index in [-0.39, 0.29) is 5.91 Å². The fraction of sp³-hybridized carbons (Fsp3) is 0.0800. The molecule has 1 aliphatic rings. The van der Waals surface area contributed by atoms with Gasteiger partial charge in [-0.25, -0.2) is 0 Å². The number of benzene rings is 3. The number of anilines is 1. The van der Waals surface area contributed by atoms with Gasteiger partial charge in [-0.2, -0.15) is 0 Å². The molecule has 0 N–H and O–H groups in total. The van der Waals surface area contributed by atoms with Crippen molar-refractivity contribution >= 4 is 47.6 Å². The third-order valence-corrected chi connectivity index (χ3v) is 5.61. The summed E-state index contributed by atoms with van der Waals surface area (Å²) in [6, 6.07) is 20.5. The van der Waals surface area contributed by atoms with Crippen LogP contribution in [0.1, 0.15) is 11.1 Å². The average Bonchev–Trinajstić information content (AvgIpc) is 3.10. The number of rotatable bonds is 5. The minimum Gasteiger partial charge on any atom is -0.493 e. The number of carbonyl (C=O) groups excluding carboxylic acids is 1. The van der Waals surface area contributed by atoms with E-state index in [1.54, 1.807) is 19.1 Å². The predicted octanol–water partition coefficient (Wildman–Crippen LogP) is 6.12. The molecule has 6 heteroatoms. The minimum atomic E-state index is -0.138. The van der Waals surface area contributed by atoms with Crippen LogP contribution < -0.4 is 14.4 Å². The Bertz CT molecular complexity index is 1200. The Labute approximate surface area is 191 Å². The smallest absolute Gasteiger partial charge is 0.262 e. The number of nitrogens with zero attached hydrogens (tertiary/aromatic N) is 1. The maximum Gasteiger partial charge on any atom is 0.262 e. The highest BCUT2D eigenvalue weighted by atomic mass is 35.5. The van der Waals surface area contributed by atoms with Gasteiger partial charge in [0.25, 0.3) is 5.91 Å². The maximum absolute atomic E-state index is 13.5. The van der Waals surface area contributed by atoms with Crippen molar-refractivity contribution in [3.05, 3.63) is 94.5 Å². The van der Waals surface area contributed by atoms with Crippen LogP contribution >= 0.6 is 24.2 Å². The van der Waals surface area contributed by atoms with Crippen molar-refractivity contribution < 1.29 is 14.3 Å². The molecule has 1 heterocycles. The summed E-state index contributed by atoms with van der Waals surface area (Å²) in [5.41, 5.74) is 3.73. The topological polar surface area (TPSA) is 38.8 Å². The van der Waals surface area contributed by atoms with Crippen LogP contribution in [0.4, 0.5) is 5.69 Å². The van der Waals surface area contributed by atoms with Gasteiger partial charge in [0.15, 0.2) is 11.5 Å². The van der Waals surface area contributed by atoms with E-state index in [9.17, 15) is 4.79 Å². The molecule has 0 radical (unpaired) electrons. The first-order chi connectivity index (χ1) is 15.0. The molecular weight excluding hydrogens is 430 g/mol. The average molecular weight is 450 g/mol. The molecule has 0 spiro atoms. The minimum absolute atomic E-state index is 0.138. The molecule has 4 rings (SSSR count). The Morgan fingerprint density at radius 2 is 1.65 bits per heavy atom. The van der Waals surface area contributed by atoms with Gasteiger partial charge in [-0.15, -0.1) is 12.6 Å². The molecule has 3 aromatic carbocycles. The van der Waals surface area contributed by atoms with Crippen molar-refractivity contribution in [1.82, 2.24) is 0 Å². The summed E-state index contributed by atoms with van der Waals surface area (Å²) in [5, 5.41) is 0.635. The van der Waals surface area contributed by atoms with Crippen LogP contribution in [0.2, 0.25) is 5.02 Å². The van der Waals surface area contributed by atoms with E-state index in [1.165, 1.54) is 0 Å². The van der Waals surface area contributed by atoms with Gasteiger partial charge in [0, 0.05) is 15.5 Å². The van der Waals surface area contributed by atoms with Crippen LogP contribution in [0.15, 0.2) is 83.3 Å². The molecule has 3 aromatic rings. The highest BCUT2D eigenvalue weighted by molar-refractivity contribution is 7.80. The summed E-state index contributed by atoms with van der Waals surface area (Å²) >= 11 is 10.6. The third-order valence-electron chi connectivity index (χ3n) is 4.98. The zero-order valence-electron chi connectivity index (χ0n) is 17.0. The van der Waals surface area contributed by atoms with Gasteiger partial charge >= 0.3 is 0 Å². The monoisotopic (exact) mass is 449 g/mol. The SMILES string of the molecule is COc1ccc(/C=C2\C=C(c3ccc(Cl)cc3)N(c3ccccc3S)C2=O)cc1OC. The normalized spacial score (nSPS) is 14.7. The van der Waals surface area contributed by atoms with Crippen LogP contribution in [0.25, 0.3) is 11.8 Å². The van der Waals surface area contributed by atoms with Crippen molar-refractivity contribution in [2.24, 2.45) is 0 Å². The van der Waals surface area contributed by atoms with Crippen LogP contribution in [0.3, 0.4) is 0 Å². The Balaban J connectivity index is 1.82. The van der Waals surface area contributed by atoms with Crippen molar-refractivity contribution in [3.8, 4) is 11.5 Å². The molecule has 0 saturated heterocycles. The first-order valence-electron chi connectivity index (χ1n) is 9.55. The highest BCUT2D eigenvalue weighted by Crippen LogP contribution is 2.38. The molecule has 31 heavy (non-hydrogen) atoms. The number of ether oxygens (including phenoxy) is 2. The molecule has 1 aliphatic heterocycles. The zero-order valence-corrected chi connectivity index (χ0v) is 18.7. The fourth-order valence-electron chi connectivity index (χ4n) is 3.46. The lowest BCUT2D eigenvalue weighted by Crippen LogP contribution is -2.25. The summed E-state index contributed by atoms with van der Waals surface area (Å²) in [6.45, 7) is 0. The molecule has 0 atom stereocenters. The summed E-state index contributed by atoms with van der Waals surface area (Å²) in [7, 11) is 3.17. The number of carbonyl (C=O) groups is 1. The second kappa shape index (κ2) is 8.92. The Hall–Kier alpha value is -3.15. The van der Waals surface area contributed by atoms with Gasteiger partial charge in [-0.1, -0.05) is 41.9 Å². The van der Waals surface area contributed by atoms with Crippen molar-refractivity contribution in [1.29, 1.82) is 0 Å². The quantitative estimate of drug-likeness (QED) is 0.377. The van der Waals surface area contributed by atoms with E-state index in [2.05, 4.69) is 12.6 Å². The number of thiol groups is 1. The van der Waals surface area contributed by atoms with E-state index >= 15 is 0 Å². The largest absolute Gasteiger partial charge is 0.493 e. The van der Waals surface area contributed by atoms with E-state index < -0.39 is 0 Å². The molecule has 0 bridgehead atoms. The lowest BCUT2D eigenvalue weighted by molar-refractivity contribution is -0.113. The van der Waals surface area contributed by atoms with Crippen molar-refractivity contribution in [2.75, 3.05) is 19.1 Å². The summed E-state index contributed by atoms with van der Waals surface area (Å²) in [6.07, 6.45) is 3.71. The second-order valence-electron chi connectivity index (χ2n) is 6.88.